The molecular weight excluding hydrogens is 718 g/mol. The van der Waals surface area contributed by atoms with E-state index in [4.69, 9.17) is 0 Å². The number of hydrogen-bond donors (Lipinski definition) is 0. The Morgan fingerprint density at radius 2 is 1.06 bits per heavy atom. The fourth-order valence-electron chi connectivity index (χ4n) is 4.30. The first-order chi connectivity index (χ1) is 16.6. The molecule has 0 saturated carbocycles. The van der Waals surface area contributed by atoms with Gasteiger partial charge in [-0.05, 0) is 0 Å². The van der Waals surface area contributed by atoms with Crippen LogP contribution in [0.15, 0.2) is 41.7 Å². The van der Waals surface area contributed by atoms with Gasteiger partial charge in [-0.2, -0.15) is 0 Å². The van der Waals surface area contributed by atoms with Crippen molar-refractivity contribution in [1.82, 2.24) is 0 Å². The van der Waals surface area contributed by atoms with Gasteiger partial charge < -0.3 is 0 Å². The molecule has 6 heteroatoms. The van der Waals surface area contributed by atoms with Crippen molar-refractivity contribution in [2.24, 2.45) is 0 Å². The van der Waals surface area contributed by atoms with Crippen molar-refractivity contribution in [2.45, 2.75) is 78.1 Å². The number of rotatable bonds is 13. The van der Waals surface area contributed by atoms with E-state index < -0.39 is 0 Å². The van der Waals surface area contributed by atoms with Gasteiger partial charge in [0.1, 0.15) is 0 Å². The fraction of sp³-hybridized carbons (Fsp3) is 0.429. The summed E-state index contributed by atoms with van der Waals surface area (Å²) in [7, 11) is 0. The van der Waals surface area contributed by atoms with E-state index in [0.29, 0.717) is 29.0 Å². The maximum atomic E-state index is 3.76. The van der Waals surface area contributed by atoms with E-state index in [1.54, 1.807) is 8.87 Å². The van der Waals surface area contributed by atoms with Gasteiger partial charge in [-0.3, -0.25) is 0 Å². The normalized spacial score (nSPS) is 11.5. The van der Waals surface area contributed by atoms with Crippen LogP contribution in [0.2, 0.25) is 0 Å². The molecule has 0 aliphatic heterocycles. The van der Waals surface area contributed by atoms with E-state index in [1.807, 2.05) is 22.7 Å². The van der Waals surface area contributed by atoms with Gasteiger partial charge in [0.2, 0.25) is 0 Å². The topological polar surface area (TPSA) is 0 Å². The van der Waals surface area contributed by atoms with E-state index >= 15 is 0 Å². The van der Waals surface area contributed by atoms with Gasteiger partial charge in [0.05, 0.1) is 0 Å². The molecule has 34 heavy (non-hydrogen) atoms. The number of aryl methyl sites for hydroxylation is 2. The molecule has 0 aromatic carbocycles. The molecule has 4 aromatic rings. The van der Waals surface area contributed by atoms with Crippen LogP contribution in [0.3, 0.4) is 0 Å². The quantitative estimate of drug-likeness (QED) is 0.0943. The Kier molecular flexibility index (Phi) is 11.1. The molecule has 0 unspecified atom stereocenters. The molecule has 0 aliphatic rings. The average Bonchev–Trinajstić information content (AvgIpc) is 3.60. The van der Waals surface area contributed by atoms with Crippen molar-refractivity contribution in [3.05, 3.63) is 52.8 Å². The zero-order valence-corrected chi connectivity index (χ0v) is 28.2. The molecule has 0 fully saturated rings. The summed E-state index contributed by atoms with van der Waals surface area (Å²) in [6.07, 6.45) is 13.0. The van der Waals surface area contributed by atoms with Crippen molar-refractivity contribution < 1.29 is 0 Å². The summed E-state index contributed by atoms with van der Waals surface area (Å²) in [4.78, 5) is 8.03. The molecule has 4 rings (SSSR count). The first-order valence-corrected chi connectivity index (χ1v) is 19.2. The van der Waals surface area contributed by atoms with E-state index in [0.717, 1.165) is 0 Å². The van der Waals surface area contributed by atoms with E-state index in [-0.39, 0.29) is 0 Å². The first-order valence-electron chi connectivity index (χ1n) is 12.3. The Morgan fingerprint density at radius 1 is 0.618 bits per heavy atom. The monoisotopic (exact) mass is 750 g/mol. The molecule has 0 radical (unpaired) electrons. The van der Waals surface area contributed by atoms with Crippen molar-refractivity contribution in [3.8, 4) is 29.8 Å². The first kappa shape index (κ1) is 27.4. The van der Waals surface area contributed by atoms with Crippen LogP contribution in [0.5, 0.6) is 0 Å². The summed E-state index contributed by atoms with van der Waals surface area (Å²) >= 11 is 12.2. The van der Waals surface area contributed by atoms with Crippen molar-refractivity contribution in [1.29, 1.82) is 0 Å². The average molecular weight is 750 g/mol. The Morgan fingerprint density at radius 3 is 1.47 bits per heavy atom. The van der Waals surface area contributed by atoms with Gasteiger partial charge in [0.25, 0.3) is 0 Å². The predicted molar refractivity (Wildman–Crippen MR) is 163 cm³/mol. The van der Waals surface area contributed by atoms with Gasteiger partial charge in [0, 0.05) is 0 Å². The van der Waals surface area contributed by atoms with Gasteiger partial charge in [-0.25, -0.2) is 0 Å². The molecular formula is C28H32Br2S2Se2. The van der Waals surface area contributed by atoms with E-state index in [2.05, 4.69) is 79.9 Å². The summed E-state index contributed by atoms with van der Waals surface area (Å²) in [5.41, 5.74) is 6.01. The summed E-state index contributed by atoms with van der Waals surface area (Å²) in [6, 6.07) is 9.74. The summed E-state index contributed by atoms with van der Waals surface area (Å²) in [5, 5.41) is 0. The second-order valence-corrected chi connectivity index (χ2v) is 17.5. The van der Waals surface area contributed by atoms with Gasteiger partial charge >= 0.3 is 244 Å². The van der Waals surface area contributed by atoms with Crippen LogP contribution in [0.25, 0.3) is 29.8 Å². The molecule has 4 heterocycles. The molecule has 0 bridgehead atoms. The number of halogens is 2. The molecule has 0 spiro atoms. The second kappa shape index (κ2) is 13.8. The number of thiophene rings is 2. The molecule has 0 saturated heterocycles. The minimum atomic E-state index is 0.446. The fourth-order valence-corrected chi connectivity index (χ4v) is 12.5. The van der Waals surface area contributed by atoms with Crippen LogP contribution < -0.4 is 0 Å². The third kappa shape index (κ3) is 7.23. The Labute approximate surface area is 242 Å². The molecule has 0 aliphatic carbocycles. The Balaban J connectivity index is 1.50. The third-order valence-corrected chi connectivity index (χ3v) is 14.3. The van der Waals surface area contributed by atoms with Crippen LogP contribution in [0.1, 0.15) is 76.3 Å². The number of unbranched alkanes of at least 4 members (excludes halogenated alkanes) is 6. The molecule has 0 nitrogen and oxygen atoms in total. The predicted octanol–water partition coefficient (Wildman–Crippen LogP) is 10.7. The summed E-state index contributed by atoms with van der Waals surface area (Å²) < 4.78 is 5.73. The van der Waals surface area contributed by atoms with Crippen LogP contribution in [-0.2, 0) is 12.8 Å². The van der Waals surface area contributed by atoms with Crippen molar-refractivity contribution in [3.63, 3.8) is 0 Å². The van der Waals surface area contributed by atoms with Gasteiger partial charge in [0.15, 0.2) is 0 Å². The van der Waals surface area contributed by atoms with Gasteiger partial charge in [-0.1, -0.05) is 0 Å². The zero-order valence-electron chi connectivity index (χ0n) is 19.9. The third-order valence-electron chi connectivity index (χ3n) is 6.12. The van der Waals surface area contributed by atoms with Gasteiger partial charge in [-0.15, -0.1) is 0 Å². The van der Waals surface area contributed by atoms with Crippen molar-refractivity contribution >= 4 is 83.5 Å². The van der Waals surface area contributed by atoms with Crippen LogP contribution in [-0.4, -0.2) is 29.0 Å². The standard InChI is InChI=1S/C28H32Br2S2Se2/c1-3-5-7-9-11-19-15-25(29)31-27(19)21-13-23(33-17-21)24-14-22(18-34-24)28-20(16-26(30)32-28)12-10-8-6-4-2/h13-18H,3-12H2,1-2H3. The van der Waals surface area contributed by atoms with Crippen molar-refractivity contribution in [2.75, 3.05) is 0 Å². The van der Waals surface area contributed by atoms with Crippen LogP contribution in [0.4, 0.5) is 0 Å². The summed E-state index contributed by atoms with van der Waals surface area (Å²) in [6.45, 7) is 4.57. The maximum absolute atomic E-state index is 3.76. The molecule has 0 amide bonds. The zero-order chi connectivity index (χ0) is 23.9. The molecule has 4 aromatic heterocycles. The summed E-state index contributed by atoms with van der Waals surface area (Å²) in [5.74, 6) is 0. The Bertz CT molecular complexity index is 1090. The van der Waals surface area contributed by atoms with E-state index in [9.17, 15) is 0 Å². The number of hydrogen-bond acceptors (Lipinski definition) is 2. The second-order valence-electron chi connectivity index (χ2n) is 8.83. The van der Waals surface area contributed by atoms with Crippen LogP contribution >= 0.6 is 54.5 Å². The minimum absolute atomic E-state index is 0.446. The molecule has 0 atom stereocenters. The SMILES string of the molecule is CCCCCCc1cc(Br)sc1-c1c[se]c(-c2cc(-c3sc(Br)cc3CCCCCC)c[se]2)c1. The molecule has 0 N–H and O–H groups in total. The Hall–Kier alpha value is 0.359. The molecule has 182 valence electrons. The van der Waals surface area contributed by atoms with E-state index in [1.165, 1.54) is 104 Å². The van der Waals surface area contributed by atoms with Crippen LogP contribution in [0, 0.1) is 0 Å².